The molecule has 1 aliphatic heterocycles. The smallest absolute Gasteiger partial charge is 0.0502 e. The molecule has 0 saturated carbocycles. The van der Waals surface area contributed by atoms with E-state index >= 15 is 0 Å². The molecular weight excluding hydrogens is 248 g/mol. The Balaban J connectivity index is 1.72. The highest BCUT2D eigenvalue weighted by atomic mass is 16.5. The Kier molecular flexibility index (Phi) is 4.39. The first-order valence-electron chi connectivity index (χ1n) is 7.86. The van der Waals surface area contributed by atoms with Gasteiger partial charge in [-0.05, 0) is 49.3 Å². The summed E-state index contributed by atoms with van der Waals surface area (Å²) in [5, 5.41) is 0. The van der Waals surface area contributed by atoms with Gasteiger partial charge in [-0.2, -0.15) is 0 Å². The summed E-state index contributed by atoms with van der Waals surface area (Å²) >= 11 is 0. The van der Waals surface area contributed by atoms with E-state index in [0.29, 0.717) is 12.0 Å². The molecule has 0 aromatic heterocycles. The van der Waals surface area contributed by atoms with Crippen LogP contribution in [0.5, 0.6) is 0 Å². The van der Waals surface area contributed by atoms with Gasteiger partial charge in [-0.15, -0.1) is 0 Å². The van der Waals surface area contributed by atoms with Gasteiger partial charge in [-0.25, -0.2) is 0 Å². The maximum absolute atomic E-state index is 6.57. The fraction of sp³-hybridized carbons (Fsp3) is 0.647. The van der Waals surface area contributed by atoms with E-state index in [-0.39, 0.29) is 6.04 Å². The van der Waals surface area contributed by atoms with Crippen molar-refractivity contribution in [2.45, 2.75) is 37.8 Å². The minimum Gasteiger partial charge on any atom is -0.384 e. The molecule has 1 aromatic rings. The van der Waals surface area contributed by atoms with Crippen molar-refractivity contribution < 1.29 is 4.74 Å². The summed E-state index contributed by atoms with van der Waals surface area (Å²) in [4.78, 5) is 2.62. The van der Waals surface area contributed by atoms with Crippen molar-refractivity contribution in [2.75, 3.05) is 26.8 Å². The minimum atomic E-state index is 0.168. The molecule has 20 heavy (non-hydrogen) atoms. The lowest BCUT2D eigenvalue weighted by molar-refractivity contribution is 0.0556. The fourth-order valence-corrected chi connectivity index (χ4v) is 3.96. The lowest BCUT2D eigenvalue weighted by Crippen LogP contribution is -2.50. The first kappa shape index (κ1) is 14.1. The predicted molar refractivity (Wildman–Crippen MR) is 81.7 cm³/mol. The van der Waals surface area contributed by atoms with Crippen LogP contribution < -0.4 is 5.73 Å². The van der Waals surface area contributed by atoms with E-state index < -0.39 is 0 Å². The Morgan fingerprint density at radius 1 is 1.30 bits per heavy atom. The van der Waals surface area contributed by atoms with Crippen LogP contribution in [0.25, 0.3) is 0 Å². The zero-order valence-corrected chi connectivity index (χ0v) is 12.4. The number of nitrogens with zero attached hydrogens (tertiary/aromatic N) is 1. The van der Waals surface area contributed by atoms with Crippen molar-refractivity contribution in [3.63, 3.8) is 0 Å². The third-order valence-electron chi connectivity index (χ3n) is 4.96. The molecule has 3 rings (SSSR count). The van der Waals surface area contributed by atoms with E-state index in [4.69, 9.17) is 10.5 Å². The number of rotatable bonds is 3. The number of fused-ring (bicyclic) bond motifs is 1. The Bertz CT molecular complexity index is 446. The summed E-state index contributed by atoms with van der Waals surface area (Å²) in [6, 6.07) is 9.36. The number of likely N-dealkylation sites (tertiary alicyclic amines) is 1. The van der Waals surface area contributed by atoms with Gasteiger partial charge in [0.1, 0.15) is 0 Å². The third kappa shape index (κ3) is 2.76. The summed E-state index contributed by atoms with van der Waals surface area (Å²) in [6.45, 7) is 3.23. The van der Waals surface area contributed by atoms with Gasteiger partial charge in [-0.1, -0.05) is 24.3 Å². The lowest BCUT2D eigenvalue weighted by Gasteiger charge is -2.43. The second-order valence-electron chi connectivity index (χ2n) is 6.29. The average molecular weight is 274 g/mol. The summed E-state index contributed by atoms with van der Waals surface area (Å²) in [6.07, 6.45) is 4.93. The molecule has 0 radical (unpaired) electrons. The summed E-state index contributed by atoms with van der Waals surface area (Å²) < 4.78 is 5.34. The number of piperidine rings is 1. The van der Waals surface area contributed by atoms with Gasteiger partial charge in [0.25, 0.3) is 0 Å². The van der Waals surface area contributed by atoms with Crippen LogP contribution in [-0.4, -0.2) is 37.7 Å². The molecule has 110 valence electrons. The van der Waals surface area contributed by atoms with Gasteiger partial charge in [0.05, 0.1) is 6.61 Å². The molecule has 3 atom stereocenters. The summed E-state index contributed by atoms with van der Waals surface area (Å²) in [5.74, 6) is 0.679. The molecular formula is C17H26N2O. The van der Waals surface area contributed by atoms with Crippen LogP contribution >= 0.6 is 0 Å². The summed E-state index contributed by atoms with van der Waals surface area (Å²) in [7, 11) is 1.81. The molecule has 1 saturated heterocycles. The highest BCUT2D eigenvalue weighted by molar-refractivity contribution is 5.33. The van der Waals surface area contributed by atoms with Gasteiger partial charge in [0.15, 0.2) is 0 Å². The van der Waals surface area contributed by atoms with Crippen LogP contribution in [0.4, 0.5) is 0 Å². The first-order chi connectivity index (χ1) is 9.79. The van der Waals surface area contributed by atoms with Crippen molar-refractivity contribution in [3.05, 3.63) is 35.4 Å². The lowest BCUT2D eigenvalue weighted by atomic mass is 9.82. The number of benzene rings is 1. The number of methoxy groups -OCH3 is 1. The first-order valence-corrected chi connectivity index (χ1v) is 7.86. The van der Waals surface area contributed by atoms with Crippen molar-refractivity contribution in [2.24, 2.45) is 11.7 Å². The quantitative estimate of drug-likeness (QED) is 0.919. The van der Waals surface area contributed by atoms with Crippen molar-refractivity contribution in [1.82, 2.24) is 4.90 Å². The molecule has 0 spiro atoms. The number of ether oxygens (including phenoxy) is 1. The molecule has 2 N–H and O–H groups in total. The number of hydrogen-bond donors (Lipinski definition) is 1. The topological polar surface area (TPSA) is 38.5 Å². The molecule has 1 heterocycles. The molecule has 1 fully saturated rings. The highest BCUT2D eigenvalue weighted by Gasteiger charge is 2.33. The maximum Gasteiger partial charge on any atom is 0.0502 e. The van der Waals surface area contributed by atoms with E-state index in [1.165, 1.54) is 43.4 Å². The minimum absolute atomic E-state index is 0.168. The van der Waals surface area contributed by atoms with Crippen LogP contribution in [0.1, 0.15) is 36.4 Å². The standard InChI is InChI=1S/C17H26N2O/c1-20-12-13-5-4-10-19(11-13)16-9-8-14-6-2-3-7-15(14)17(16)18/h2-3,6-7,13,16-17H,4-5,8-12,18H2,1H3. The van der Waals surface area contributed by atoms with E-state index in [2.05, 4.69) is 29.2 Å². The SMILES string of the molecule is COCC1CCCN(C2CCc3ccccc3C2N)C1. The highest BCUT2D eigenvalue weighted by Crippen LogP contribution is 2.33. The molecule has 1 aliphatic carbocycles. The predicted octanol–water partition coefficient (Wildman–Crippen LogP) is 2.36. The van der Waals surface area contributed by atoms with Crippen LogP contribution in [0, 0.1) is 5.92 Å². The second kappa shape index (κ2) is 6.25. The van der Waals surface area contributed by atoms with E-state index in [0.717, 1.165) is 13.2 Å². The van der Waals surface area contributed by atoms with Crippen LogP contribution in [-0.2, 0) is 11.2 Å². The molecule has 0 bridgehead atoms. The van der Waals surface area contributed by atoms with E-state index in [1.54, 1.807) is 0 Å². The summed E-state index contributed by atoms with van der Waals surface area (Å²) in [5.41, 5.74) is 9.37. The zero-order chi connectivity index (χ0) is 13.9. The molecule has 3 heteroatoms. The van der Waals surface area contributed by atoms with E-state index in [1.807, 2.05) is 7.11 Å². The third-order valence-corrected chi connectivity index (χ3v) is 4.96. The maximum atomic E-state index is 6.57. The van der Waals surface area contributed by atoms with Crippen molar-refractivity contribution >= 4 is 0 Å². The molecule has 3 unspecified atom stereocenters. The molecule has 0 amide bonds. The van der Waals surface area contributed by atoms with Crippen molar-refractivity contribution in [1.29, 1.82) is 0 Å². The van der Waals surface area contributed by atoms with Gasteiger partial charge in [-0.3, -0.25) is 4.90 Å². The number of aryl methyl sites for hydroxylation is 1. The van der Waals surface area contributed by atoms with E-state index in [9.17, 15) is 0 Å². The Morgan fingerprint density at radius 3 is 3.00 bits per heavy atom. The van der Waals surface area contributed by atoms with Gasteiger partial charge in [0.2, 0.25) is 0 Å². The van der Waals surface area contributed by atoms with Gasteiger partial charge >= 0.3 is 0 Å². The molecule has 3 nitrogen and oxygen atoms in total. The average Bonchev–Trinajstić information content (AvgIpc) is 2.48. The zero-order valence-electron chi connectivity index (χ0n) is 12.4. The largest absolute Gasteiger partial charge is 0.384 e. The Labute approximate surface area is 122 Å². The van der Waals surface area contributed by atoms with Gasteiger partial charge < -0.3 is 10.5 Å². The van der Waals surface area contributed by atoms with Gasteiger partial charge in [0, 0.05) is 25.7 Å². The second-order valence-corrected chi connectivity index (χ2v) is 6.29. The van der Waals surface area contributed by atoms with Crippen molar-refractivity contribution in [3.8, 4) is 0 Å². The Hall–Kier alpha value is -0.900. The molecule has 1 aromatic carbocycles. The van der Waals surface area contributed by atoms with Crippen LogP contribution in [0.3, 0.4) is 0 Å². The monoisotopic (exact) mass is 274 g/mol. The fourth-order valence-electron chi connectivity index (χ4n) is 3.96. The Morgan fingerprint density at radius 2 is 2.15 bits per heavy atom. The number of hydrogen-bond acceptors (Lipinski definition) is 3. The van der Waals surface area contributed by atoms with Crippen LogP contribution in [0.15, 0.2) is 24.3 Å². The number of nitrogens with two attached hydrogens (primary N) is 1. The molecule has 2 aliphatic rings. The normalized spacial score (nSPS) is 31.0. The van der Waals surface area contributed by atoms with Crippen LogP contribution in [0.2, 0.25) is 0 Å².